The number of hydrogen-bond donors (Lipinski definition) is 3. The minimum Gasteiger partial charge on any atom is -0.313 e. The number of hydroxylamine groups is 2. The van der Waals surface area contributed by atoms with Gasteiger partial charge in [0.25, 0.3) is 0 Å². The molecule has 1 heterocycles. The number of hydrazine groups is 1. The predicted octanol–water partition coefficient (Wildman–Crippen LogP) is 0.860. The van der Waals surface area contributed by atoms with Gasteiger partial charge in [0.1, 0.15) is 0 Å². The van der Waals surface area contributed by atoms with Crippen molar-refractivity contribution >= 4 is 0 Å². The van der Waals surface area contributed by atoms with Crippen LogP contribution in [0.15, 0.2) is 0 Å². The topological polar surface area (TPSA) is 61.5 Å². The highest BCUT2D eigenvalue weighted by Gasteiger charge is 2.44. The zero-order valence-electron chi connectivity index (χ0n) is 8.96. The smallest absolute Gasteiger partial charge is 0.0425 e. The zero-order valence-corrected chi connectivity index (χ0v) is 8.96. The van der Waals surface area contributed by atoms with Gasteiger partial charge in [-0.3, -0.25) is 11.3 Å². The van der Waals surface area contributed by atoms with Crippen molar-refractivity contribution in [1.82, 2.24) is 10.5 Å². The maximum Gasteiger partial charge on any atom is 0.0425 e. The van der Waals surface area contributed by atoms with E-state index in [2.05, 4.69) is 5.43 Å². The van der Waals surface area contributed by atoms with Gasteiger partial charge >= 0.3 is 0 Å². The summed E-state index contributed by atoms with van der Waals surface area (Å²) in [6, 6.07) is 0.286. The molecular formula is C9H21N3O. The molecule has 13 heavy (non-hydrogen) atoms. The fourth-order valence-electron chi connectivity index (χ4n) is 2.39. The van der Waals surface area contributed by atoms with Crippen LogP contribution in [0.3, 0.4) is 0 Å². The van der Waals surface area contributed by atoms with Crippen LogP contribution in [0.4, 0.5) is 0 Å². The summed E-state index contributed by atoms with van der Waals surface area (Å²) in [7, 11) is 0. The van der Waals surface area contributed by atoms with Gasteiger partial charge in [0.05, 0.1) is 0 Å². The molecule has 0 atom stereocenters. The number of hydrogen-bond acceptors (Lipinski definition) is 4. The summed E-state index contributed by atoms with van der Waals surface area (Å²) in [6.45, 7) is 8.10. The molecule has 0 radical (unpaired) electrons. The first kappa shape index (κ1) is 10.9. The minimum atomic E-state index is -0.210. The normalized spacial score (nSPS) is 29.1. The van der Waals surface area contributed by atoms with E-state index in [0.717, 1.165) is 12.8 Å². The van der Waals surface area contributed by atoms with Gasteiger partial charge in [-0.2, -0.15) is 5.06 Å². The molecule has 0 saturated carbocycles. The maximum atomic E-state index is 9.94. The molecule has 0 unspecified atom stereocenters. The van der Waals surface area contributed by atoms with Gasteiger partial charge in [0.15, 0.2) is 0 Å². The Morgan fingerprint density at radius 3 is 1.92 bits per heavy atom. The molecule has 0 aromatic carbocycles. The maximum absolute atomic E-state index is 9.94. The Balaban J connectivity index is 2.82. The van der Waals surface area contributed by atoms with Crippen LogP contribution >= 0.6 is 0 Å². The van der Waals surface area contributed by atoms with Crippen molar-refractivity contribution in [2.45, 2.75) is 57.7 Å². The molecule has 1 rings (SSSR count). The highest BCUT2D eigenvalue weighted by atomic mass is 16.5. The minimum absolute atomic E-state index is 0.210. The van der Waals surface area contributed by atoms with Crippen molar-refractivity contribution in [2.24, 2.45) is 5.84 Å². The van der Waals surface area contributed by atoms with Crippen molar-refractivity contribution in [3.63, 3.8) is 0 Å². The third-order valence-corrected chi connectivity index (χ3v) is 2.87. The van der Waals surface area contributed by atoms with Gasteiger partial charge in [-0.15, -0.1) is 0 Å². The average Bonchev–Trinajstić information content (AvgIpc) is 1.99. The van der Waals surface area contributed by atoms with E-state index < -0.39 is 0 Å². The molecular weight excluding hydrogens is 166 g/mol. The molecule has 78 valence electrons. The molecule has 0 aromatic rings. The van der Waals surface area contributed by atoms with Crippen LogP contribution in [-0.4, -0.2) is 27.4 Å². The van der Waals surface area contributed by atoms with Crippen LogP contribution in [0.25, 0.3) is 0 Å². The molecule has 4 nitrogen and oxygen atoms in total. The first-order valence-electron chi connectivity index (χ1n) is 4.75. The van der Waals surface area contributed by atoms with Crippen molar-refractivity contribution in [3.05, 3.63) is 0 Å². The van der Waals surface area contributed by atoms with E-state index in [1.165, 1.54) is 5.06 Å². The highest BCUT2D eigenvalue weighted by molar-refractivity contribution is 4.97. The van der Waals surface area contributed by atoms with Crippen molar-refractivity contribution in [2.75, 3.05) is 0 Å². The molecule has 0 spiro atoms. The summed E-state index contributed by atoms with van der Waals surface area (Å²) < 4.78 is 0. The van der Waals surface area contributed by atoms with Gasteiger partial charge < -0.3 is 5.21 Å². The Bertz CT molecular complexity index is 173. The largest absolute Gasteiger partial charge is 0.313 e. The van der Waals surface area contributed by atoms with Gasteiger partial charge in [-0.1, -0.05) is 0 Å². The van der Waals surface area contributed by atoms with Crippen LogP contribution in [-0.2, 0) is 0 Å². The predicted molar refractivity (Wildman–Crippen MR) is 52.1 cm³/mol. The van der Waals surface area contributed by atoms with Crippen molar-refractivity contribution < 1.29 is 5.21 Å². The number of piperidine rings is 1. The molecule has 0 amide bonds. The van der Waals surface area contributed by atoms with E-state index in [1.807, 2.05) is 27.7 Å². The number of nitrogens with one attached hydrogen (secondary N) is 1. The van der Waals surface area contributed by atoms with Crippen LogP contribution in [0.1, 0.15) is 40.5 Å². The number of rotatable bonds is 1. The fraction of sp³-hybridized carbons (Fsp3) is 1.00. The molecule has 1 fully saturated rings. The lowest BCUT2D eigenvalue weighted by atomic mass is 9.79. The van der Waals surface area contributed by atoms with Crippen LogP contribution in [0.5, 0.6) is 0 Å². The Morgan fingerprint density at radius 1 is 1.23 bits per heavy atom. The lowest BCUT2D eigenvalue weighted by molar-refractivity contribution is -0.246. The zero-order chi connectivity index (χ0) is 10.3. The van der Waals surface area contributed by atoms with E-state index >= 15 is 0 Å². The summed E-state index contributed by atoms with van der Waals surface area (Å²) >= 11 is 0. The number of nitrogens with two attached hydrogens (primary N) is 1. The van der Waals surface area contributed by atoms with E-state index in [4.69, 9.17) is 5.84 Å². The third kappa shape index (κ3) is 2.02. The van der Waals surface area contributed by atoms with Gasteiger partial charge in [-0.25, -0.2) is 0 Å². The highest BCUT2D eigenvalue weighted by Crippen LogP contribution is 2.36. The summed E-state index contributed by atoms with van der Waals surface area (Å²) in [6.07, 6.45) is 1.73. The Hall–Kier alpha value is -0.160. The second-order valence-electron chi connectivity index (χ2n) is 5.21. The quantitative estimate of drug-likeness (QED) is 0.421. The van der Waals surface area contributed by atoms with Gasteiger partial charge in [-0.05, 0) is 40.5 Å². The van der Waals surface area contributed by atoms with Gasteiger partial charge in [0, 0.05) is 17.1 Å². The second-order valence-corrected chi connectivity index (χ2v) is 5.21. The fourth-order valence-corrected chi connectivity index (χ4v) is 2.39. The molecule has 1 aliphatic heterocycles. The molecule has 4 heteroatoms. The monoisotopic (exact) mass is 187 g/mol. The molecule has 4 N–H and O–H groups in total. The van der Waals surface area contributed by atoms with Crippen molar-refractivity contribution in [3.8, 4) is 0 Å². The van der Waals surface area contributed by atoms with Gasteiger partial charge in [0.2, 0.25) is 0 Å². The Labute approximate surface area is 80.0 Å². The lowest BCUT2D eigenvalue weighted by Crippen LogP contribution is -2.63. The van der Waals surface area contributed by atoms with Crippen LogP contribution in [0.2, 0.25) is 0 Å². The Kier molecular flexibility index (Phi) is 2.69. The van der Waals surface area contributed by atoms with E-state index in [-0.39, 0.29) is 17.1 Å². The summed E-state index contributed by atoms with van der Waals surface area (Å²) in [5, 5.41) is 11.4. The van der Waals surface area contributed by atoms with E-state index in [9.17, 15) is 5.21 Å². The third-order valence-electron chi connectivity index (χ3n) is 2.87. The first-order valence-corrected chi connectivity index (χ1v) is 4.75. The molecule has 0 aromatic heterocycles. The average molecular weight is 187 g/mol. The summed E-state index contributed by atoms with van der Waals surface area (Å²) in [5.41, 5.74) is 2.38. The number of nitrogens with zero attached hydrogens (tertiary/aromatic N) is 1. The molecule has 1 saturated heterocycles. The lowest BCUT2D eigenvalue weighted by Gasteiger charge is -2.51. The molecule has 1 aliphatic rings. The first-order chi connectivity index (χ1) is 5.79. The van der Waals surface area contributed by atoms with Crippen LogP contribution < -0.4 is 11.3 Å². The van der Waals surface area contributed by atoms with E-state index in [1.54, 1.807) is 0 Å². The van der Waals surface area contributed by atoms with E-state index in [0.29, 0.717) is 0 Å². The second kappa shape index (κ2) is 3.20. The summed E-state index contributed by atoms with van der Waals surface area (Å²) in [4.78, 5) is 0. The molecule has 0 aliphatic carbocycles. The standard InChI is InChI=1S/C9H21N3O/c1-8(2)5-7(11-10)6-9(3,4)12(8)13/h7,11,13H,5-6,10H2,1-4H3. The summed E-state index contributed by atoms with van der Waals surface area (Å²) in [5.74, 6) is 5.44. The van der Waals surface area contributed by atoms with Crippen molar-refractivity contribution in [1.29, 1.82) is 0 Å². The van der Waals surface area contributed by atoms with Crippen LogP contribution in [0, 0.1) is 0 Å². The molecule has 0 bridgehead atoms. The Morgan fingerprint density at radius 2 is 1.62 bits per heavy atom. The SMILES string of the molecule is CC1(C)CC(NN)CC(C)(C)N1O.